The van der Waals surface area contributed by atoms with Crippen molar-refractivity contribution in [3.63, 3.8) is 0 Å². The number of aryl methyl sites for hydroxylation is 1. The minimum Gasteiger partial charge on any atom is -0.386 e. The maximum Gasteiger partial charge on any atom is 0.280 e. The van der Waals surface area contributed by atoms with E-state index in [1.165, 1.54) is 22.5 Å². The molecule has 0 saturated carbocycles. The molecule has 1 aliphatic carbocycles. The molecule has 0 bridgehead atoms. The summed E-state index contributed by atoms with van der Waals surface area (Å²) < 4.78 is 2.16. The summed E-state index contributed by atoms with van der Waals surface area (Å²) in [5.74, 6) is -0.199. The molecule has 26 heavy (non-hydrogen) atoms. The molecule has 6 nitrogen and oxygen atoms in total. The molecule has 2 aromatic heterocycles. The number of thiazole rings is 1. The first kappa shape index (κ1) is 15.7. The van der Waals surface area contributed by atoms with Crippen molar-refractivity contribution >= 4 is 17.2 Å². The van der Waals surface area contributed by atoms with E-state index in [-0.39, 0.29) is 17.9 Å². The van der Waals surface area contributed by atoms with Gasteiger partial charge in [0.2, 0.25) is 0 Å². The number of aromatic nitrogens is 3. The van der Waals surface area contributed by atoms with Gasteiger partial charge in [-0.05, 0) is 18.4 Å². The van der Waals surface area contributed by atoms with Gasteiger partial charge in [0.15, 0.2) is 5.01 Å². The van der Waals surface area contributed by atoms with Gasteiger partial charge in [-0.3, -0.25) is 4.79 Å². The number of carbonyl (C=O) groups excluding carboxylic acids is 1. The Morgan fingerprint density at radius 1 is 1.38 bits per heavy atom. The van der Waals surface area contributed by atoms with Crippen LogP contribution in [0.1, 0.15) is 44.5 Å². The van der Waals surface area contributed by atoms with E-state index in [0.29, 0.717) is 10.7 Å². The standard InChI is InChI=1S/C19H18N4O2S/c1-20-18(25)19-22-15-14(26-19)7-6-12(17(15)24)16-11-5-3-2-4-10(11)13-8-21-9-23(13)16/h2-5,8-9,12,16-17,24H,6-7H2,1H3,(H,20,25)/t12-,16-,17+/m1/s1. The molecule has 0 saturated heterocycles. The van der Waals surface area contributed by atoms with Gasteiger partial charge < -0.3 is 15.0 Å². The van der Waals surface area contributed by atoms with Gasteiger partial charge in [0.1, 0.15) is 6.10 Å². The van der Waals surface area contributed by atoms with Crippen LogP contribution < -0.4 is 5.32 Å². The first-order valence-corrected chi connectivity index (χ1v) is 9.51. The molecule has 1 aromatic carbocycles. The predicted molar refractivity (Wildman–Crippen MR) is 98.1 cm³/mol. The van der Waals surface area contributed by atoms with Crippen LogP contribution in [0.4, 0.5) is 0 Å². The Labute approximate surface area is 154 Å². The molecule has 5 rings (SSSR count). The van der Waals surface area contributed by atoms with Gasteiger partial charge in [-0.2, -0.15) is 0 Å². The Morgan fingerprint density at radius 2 is 2.23 bits per heavy atom. The zero-order valence-electron chi connectivity index (χ0n) is 14.2. The lowest BCUT2D eigenvalue weighted by Gasteiger charge is -2.33. The normalized spacial score (nSPS) is 23.2. The van der Waals surface area contributed by atoms with Crippen molar-refractivity contribution in [3.8, 4) is 11.3 Å². The molecular formula is C19H18N4O2S. The van der Waals surface area contributed by atoms with E-state index in [4.69, 9.17) is 0 Å². The average molecular weight is 366 g/mol. The molecule has 0 radical (unpaired) electrons. The summed E-state index contributed by atoms with van der Waals surface area (Å²) in [6.45, 7) is 0. The number of imidazole rings is 1. The van der Waals surface area contributed by atoms with Gasteiger partial charge in [-0.15, -0.1) is 11.3 Å². The van der Waals surface area contributed by atoms with E-state index in [0.717, 1.165) is 23.4 Å². The van der Waals surface area contributed by atoms with Crippen molar-refractivity contribution in [1.29, 1.82) is 0 Å². The number of aliphatic hydroxyl groups excluding tert-OH is 1. The van der Waals surface area contributed by atoms with Crippen molar-refractivity contribution in [2.24, 2.45) is 5.92 Å². The number of hydrogen-bond donors (Lipinski definition) is 2. The highest BCUT2D eigenvalue weighted by Gasteiger charge is 2.42. The second kappa shape index (κ2) is 5.75. The molecule has 1 amide bonds. The minimum absolute atomic E-state index is 0.00117. The molecule has 0 unspecified atom stereocenters. The molecule has 2 N–H and O–H groups in total. The number of nitrogens with one attached hydrogen (secondary N) is 1. The summed E-state index contributed by atoms with van der Waals surface area (Å²) in [6.07, 6.45) is 4.71. The molecule has 0 spiro atoms. The highest BCUT2D eigenvalue weighted by molar-refractivity contribution is 7.13. The first-order chi connectivity index (χ1) is 12.7. The fourth-order valence-electron chi connectivity index (χ4n) is 4.28. The summed E-state index contributed by atoms with van der Waals surface area (Å²) in [5, 5.41) is 14.1. The van der Waals surface area contributed by atoms with Crippen molar-refractivity contribution < 1.29 is 9.90 Å². The lowest BCUT2D eigenvalue weighted by Crippen LogP contribution is -2.28. The average Bonchev–Trinajstić information content (AvgIpc) is 3.36. The lowest BCUT2D eigenvalue weighted by molar-refractivity contribution is 0.0690. The molecular weight excluding hydrogens is 348 g/mol. The maximum absolute atomic E-state index is 11.9. The predicted octanol–water partition coefficient (Wildman–Crippen LogP) is 2.57. The van der Waals surface area contributed by atoms with Crippen LogP contribution in [0.2, 0.25) is 0 Å². The fourth-order valence-corrected chi connectivity index (χ4v) is 5.34. The van der Waals surface area contributed by atoms with Crippen LogP contribution in [0, 0.1) is 5.92 Å². The second-order valence-electron chi connectivity index (χ2n) is 6.77. The van der Waals surface area contributed by atoms with Crippen LogP contribution in [0.5, 0.6) is 0 Å². The van der Waals surface area contributed by atoms with Crippen LogP contribution >= 0.6 is 11.3 Å². The van der Waals surface area contributed by atoms with Gasteiger partial charge in [0, 0.05) is 23.4 Å². The number of nitrogens with zero attached hydrogens (tertiary/aromatic N) is 3. The van der Waals surface area contributed by atoms with Crippen molar-refractivity contribution in [2.75, 3.05) is 7.05 Å². The smallest absolute Gasteiger partial charge is 0.280 e. The molecule has 132 valence electrons. The summed E-state index contributed by atoms with van der Waals surface area (Å²) >= 11 is 1.39. The molecule has 7 heteroatoms. The van der Waals surface area contributed by atoms with Gasteiger partial charge in [-0.25, -0.2) is 9.97 Å². The molecule has 3 aromatic rings. The third-order valence-electron chi connectivity index (χ3n) is 5.47. The number of aliphatic hydroxyl groups is 1. The van der Waals surface area contributed by atoms with Crippen molar-refractivity contribution in [1.82, 2.24) is 19.9 Å². The van der Waals surface area contributed by atoms with E-state index in [9.17, 15) is 9.90 Å². The second-order valence-corrected chi connectivity index (χ2v) is 7.86. The summed E-state index contributed by atoms with van der Waals surface area (Å²) in [7, 11) is 1.60. The number of rotatable bonds is 2. The Kier molecular flexibility index (Phi) is 3.48. The fraction of sp³-hybridized carbons (Fsp3) is 0.316. The highest BCUT2D eigenvalue weighted by atomic mass is 32.1. The Hall–Kier alpha value is -2.51. The van der Waals surface area contributed by atoms with Crippen LogP contribution in [0.3, 0.4) is 0 Å². The topological polar surface area (TPSA) is 80.0 Å². The van der Waals surface area contributed by atoms with Crippen LogP contribution in [-0.4, -0.2) is 32.6 Å². The number of amides is 1. The zero-order valence-corrected chi connectivity index (χ0v) is 15.0. The van der Waals surface area contributed by atoms with E-state index in [2.05, 4.69) is 32.0 Å². The molecule has 3 heterocycles. The lowest BCUT2D eigenvalue weighted by atomic mass is 9.80. The molecule has 1 aliphatic heterocycles. The third-order valence-corrected chi connectivity index (χ3v) is 6.60. The number of carbonyl (C=O) groups is 1. The molecule has 2 aliphatic rings. The maximum atomic E-state index is 11.9. The van der Waals surface area contributed by atoms with E-state index >= 15 is 0 Å². The van der Waals surface area contributed by atoms with Gasteiger partial charge in [0.25, 0.3) is 5.91 Å². The van der Waals surface area contributed by atoms with Gasteiger partial charge in [0.05, 0.1) is 30.0 Å². The largest absolute Gasteiger partial charge is 0.386 e. The number of fused-ring (bicyclic) bond motifs is 4. The highest BCUT2D eigenvalue weighted by Crippen LogP contribution is 2.50. The monoisotopic (exact) mass is 366 g/mol. The third kappa shape index (κ3) is 2.10. The van der Waals surface area contributed by atoms with Crippen LogP contribution in [-0.2, 0) is 6.42 Å². The minimum atomic E-state index is -0.695. The van der Waals surface area contributed by atoms with Crippen molar-refractivity contribution in [3.05, 3.63) is 57.9 Å². The quantitative estimate of drug-likeness (QED) is 0.730. The Bertz CT molecular complexity index is 1010. The van der Waals surface area contributed by atoms with Gasteiger partial charge in [-0.1, -0.05) is 24.3 Å². The number of hydrogen-bond acceptors (Lipinski definition) is 5. The zero-order chi connectivity index (χ0) is 17.8. The Balaban J connectivity index is 1.56. The number of benzene rings is 1. The summed E-state index contributed by atoms with van der Waals surface area (Å²) in [6, 6.07) is 8.35. The van der Waals surface area contributed by atoms with E-state index < -0.39 is 6.10 Å². The first-order valence-electron chi connectivity index (χ1n) is 8.70. The van der Waals surface area contributed by atoms with E-state index in [1.807, 2.05) is 24.7 Å². The van der Waals surface area contributed by atoms with Crippen LogP contribution in [0.25, 0.3) is 11.3 Å². The van der Waals surface area contributed by atoms with Crippen LogP contribution in [0.15, 0.2) is 36.8 Å². The van der Waals surface area contributed by atoms with E-state index in [1.54, 1.807) is 7.05 Å². The molecule has 0 fully saturated rings. The van der Waals surface area contributed by atoms with Crippen molar-refractivity contribution in [2.45, 2.75) is 25.0 Å². The SMILES string of the molecule is CNC(=O)c1nc2c(s1)CC[C@H]([C@H]1c3ccccc3-c3cncn31)[C@@H]2O. The van der Waals surface area contributed by atoms with Gasteiger partial charge >= 0.3 is 0 Å². The summed E-state index contributed by atoms with van der Waals surface area (Å²) in [4.78, 5) is 21.7. The summed E-state index contributed by atoms with van der Waals surface area (Å²) in [5.41, 5.74) is 4.15. The Morgan fingerprint density at radius 3 is 3.08 bits per heavy atom. The molecule has 3 atom stereocenters.